The molecule has 17 heavy (non-hydrogen) atoms. The smallest absolute Gasteiger partial charge is 0.251 e. The van der Waals surface area contributed by atoms with Crippen LogP contribution in [-0.4, -0.2) is 25.0 Å². The van der Waals surface area contributed by atoms with Crippen molar-refractivity contribution in [3.63, 3.8) is 0 Å². The number of amides is 1. The molecule has 1 aromatic rings. The van der Waals surface area contributed by atoms with Crippen LogP contribution in [0, 0.1) is 12.7 Å². The number of halogens is 1. The van der Waals surface area contributed by atoms with Gasteiger partial charge in [0.15, 0.2) is 0 Å². The Labute approximate surface area is 100 Å². The van der Waals surface area contributed by atoms with Gasteiger partial charge >= 0.3 is 0 Å². The molecule has 0 radical (unpaired) electrons. The maximum atomic E-state index is 13.1. The van der Waals surface area contributed by atoms with Crippen LogP contribution in [0.1, 0.15) is 28.8 Å². The first-order valence-corrected chi connectivity index (χ1v) is 5.94. The van der Waals surface area contributed by atoms with Gasteiger partial charge in [-0.2, -0.15) is 0 Å². The molecule has 1 saturated heterocycles. The van der Waals surface area contributed by atoms with Crippen LogP contribution in [0.4, 0.5) is 4.39 Å². The van der Waals surface area contributed by atoms with Crippen LogP contribution in [-0.2, 0) is 0 Å². The molecule has 1 aromatic carbocycles. The molecule has 1 aliphatic rings. The molecule has 1 heterocycles. The molecule has 3 nitrogen and oxygen atoms in total. The fourth-order valence-electron chi connectivity index (χ4n) is 2.02. The molecule has 4 heteroatoms. The summed E-state index contributed by atoms with van der Waals surface area (Å²) in [4.78, 5) is 11.9. The van der Waals surface area contributed by atoms with Gasteiger partial charge in [-0.3, -0.25) is 4.79 Å². The van der Waals surface area contributed by atoms with Gasteiger partial charge in [-0.25, -0.2) is 4.39 Å². The second-order valence-corrected chi connectivity index (χ2v) is 4.46. The van der Waals surface area contributed by atoms with Crippen LogP contribution in [0.25, 0.3) is 0 Å². The van der Waals surface area contributed by atoms with E-state index < -0.39 is 0 Å². The van der Waals surface area contributed by atoms with E-state index >= 15 is 0 Å². The molecule has 0 atom stereocenters. The molecule has 0 aromatic heterocycles. The number of benzene rings is 1. The average Bonchev–Trinajstić information content (AvgIpc) is 2.34. The lowest BCUT2D eigenvalue weighted by Crippen LogP contribution is -2.42. The predicted octanol–water partition coefficient (Wildman–Crippen LogP) is 1.62. The molecule has 1 amide bonds. The minimum absolute atomic E-state index is 0.111. The Morgan fingerprint density at radius 2 is 2.12 bits per heavy atom. The van der Waals surface area contributed by atoms with E-state index in [2.05, 4.69) is 10.6 Å². The summed E-state index contributed by atoms with van der Waals surface area (Å²) >= 11 is 0. The first kappa shape index (κ1) is 12.0. The Bertz CT molecular complexity index is 414. The first-order chi connectivity index (χ1) is 8.16. The number of hydrogen-bond donors (Lipinski definition) is 2. The van der Waals surface area contributed by atoms with Crippen LogP contribution in [0.2, 0.25) is 0 Å². The third kappa shape index (κ3) is 3.03. The number of piperidine rings is 1. The molecule has 1 aliphatic heterocycles. The SMILES string of the molecule is Cc1cc(C(=O)NC2CCNCC2)ccc1F. The van der Waals surface area contributed by atoms with Crippen molar-refractivity contribution >= 4 is 5.91 Å². The van der Waals surface area contributed by atoms with Crippen molar-refractivity contribution in [3.8, 4) is 0 Å². The predicted molar refractivity (Wildman–Crippen MR) is 64.5 cm³/mol. The Morgan fingerprint density at radius 3 is 2.76 bits per heavy atom. The average molecular weight is 236 g/mol. The Morgan fingerprint density at radius 1 is 1.41 bits per heavy atom. The standard InChI is InChI=1S/C13H17FN2O/c1-9-8-10(2-3-12(9)14)13(17)16-11-4-6-15-7-5-11/h2-3,8,11,15H,4-7H2,1H3,(H,16,17). The van der Waals surface area contributed by atoms with Crippen LogP contribution in [0.3, 0.4) is 0 Å². The Kier molecular flexibility index (Phi) is 3.74. The van der Waals surface area contributed by atoms with Crippen LogP contribution in [0.15, 0.2) is 18.2 Å². The molecule has 0 spiro atoms. The summed E-state index contributed by atoms with van der Waals surface area (Å²) < 4.78 is 13.1. The summed E-state index contributed by atoms with van der Waals surface area (Å²) in [5.74, 6) is -0.386. The van der Waals surface area contributed by atoms with Crippen molar-refractivity contribution in [3.05, 3.63) is 35.1 Å². The lowest BCUT2D eigenvalue weighted by atomic mass is 10.1. The van der Waals surface area contributed by atoms with Gasteiger partial charge in [0.05, 0.1) is 0 Å². The lowest BCUT2D eigenvalue weighted by Gasteiger charge is -2.23. The number of rotatable bonds is 2. The number of carbonyl (C=O) groups is 1. The van der Waals surface area contributed by atoms with Crippen LogP contribution >= 0.6 is 0 Å². The highest BCUT2D eigenvalue weighted by Gasteiger charge is 2.16. The van der Waals surface area contributed by atoms with E-state index in [1.807, 2.05) is 0 Å². The fourth-order valence-corrected chi connectivity index (χ4v) is 2.02. The van der Waals surface area contributed by atoms with Gasteiger partial charge in [-0.1, -0.05) is 0 Å². The first-order valence-electron chi connectivity index (χ1n) is 5.94. The second-order valence-electron chi connectivity index (χ2n) is 4.46. The molecular weight excluding hydrogens is 219 g/mol. The normalized spacial score (nSPS) is 16.8. The molecule has 2 rings (SSSR count). The highest BCUT2D eigenvalue weighted by molar-refractivity contribution is 5.94. The molecular formula is C13H17FN2O. The van der Waals surface area contributed by atoms with Crippen molar-refractivity contribution in [2.24, 2.45) is 0 Å². The van der Waals surface area contributed by atoms with E-state index in [1.54, 1.807) is 13.0 Å². The van der Waals surface area contributed by atoms with E-state index in [4.69, 9.17) is 0 Å². The van der Waals surface area contributed by atoms with Crippen molar-refractivity contribution in [2.75, 3.05) is 13.1 Å². The van der Waals surface area contributed by atoms with Crippen molar-refractivity contribution in [1.29, 1.82) is 0 Å². The van der Waals surface area contributed by atoms with Gasteiger partial charge in [-0.15, -0.1) is 0 Å². The van der Waals surface area contributed by atoms with Crippen molar-refractivity contribution < 1.29 is 9.18 Å². The van der Waals surface area contributed by atoms with E-state index in [0.29, 0.717) is 11.1 Å². The highest BCUT2D eigenvalue weighted by atomic mass is 19.1. The minimum Gasteiger partial charge on any atom is -0.349 e. The van der Waals surface area contributed by atoms with Gasteiger partial charge in [0.1, 0.15) is 5.82 Å². The summed E-state index contributed by atoms with van der Waals surface area (Å²) in [6, 6.07) is 4.69. The maximum Gasteiger partial charge on any atom is 0.251 e. The Hall–Kier alpha value is -1.42. The highest BCUT2D eigenvalue weighted by Crippen LogP contribution is 2.10. The number of nitrogens with one attached hydrogen (secondary N) is 2. The Balaban J connectivity index is 2.01. The van der Waals surface area contributed by atoms with Gasteiger partial charge in [0.2, 0.25) is 0 Å². The number of aryl methyl sites for hydroxylation is 1. The van der Waals surface area contributed by atoms with Crippen LogP contribution < -0.4 is 10.6 Å². The summed E-state index contributed by atoms with van der Waals surface area (Å²) in [7, 11) is 0. The zero-order valence-electron chi connectivity index (χ0n) is 9.92. The monoisotopic (exact) mass is 236 g/mol. The summed E-state index contributed by atoms with van der Waals surface area (Å²) in [5.41, 5.74) is 1.03. The molecule has 0 unspecified atom stereocenters. The van der Waals surface area contributed by atoms with E-state index in [1.165, 1.54) is 12.1 Å². The number of carbonyl (C=O) groups excluding carboxylic acids is 1. The maximum absolute atomic E-state index is 13.1. The fraction of sp³-hybridized carbons (Fsp3) is 0.462. The number of hydrogen-bond acceptors (Lipinski definition) is 2. The van der Waals surface area contributed by atoms with E-state index in [0.717, 1.165) is 25.9 Å². The third-order valence-electron chi connectivity index (χ3n) is 3.09. The minimum atomic E-state index is -0.275. The van der Waals surface area contributed by atoms with Gasteiger partial charge < -0.3 is 10.6 Å². The molecule has 92 valence electrons. The summed E-state index contributed by atoms with van der Waals surface area (Å²) in [5, 5.41) is 6.22. The zero-order valence-corrected chi connectivity index (χ0v) is 9.92. The summed E-state index contributed by atoms with van der Waals surface area (Å²) in [6.07, 6.45) is 1.90. The van der Waals surface area contributed by atoms with E-state index in [-0.39, 0.29) is 17.8 Å². The topological polar surface area (TPSA) is 41.1 Å². The van der Waals surface area contributed by atoms with Gasteiger partial charge in [0.25, 0.3) is 5.91 Å². The third-order valence-corrected chi connectivity index (χ3v) is 3.09. The second kappa shape index (κ2) is 5.27. The van der Waals surface area contributed by atoms with Crippen molar-refractivity contribution in [2.45, 2.75) is 25.8 Å². The molecule has 0 bridgehead atoms. The molecule has 2 N–H and O–H groups in total. The van der Waals surface area contributed by atoms with Crippen molar-refractivity contribution in [1.82, 2.24) is 10.6 Å². The molecule has 0 aliphatic carbocycles. The van der Waals surface area contributed by atoms with E-state index in [9.17, 15) is 9.18 Å². The van der Waals surface area contributed by atoms with Gasteiger partial charge in [0, 0.05) is 11.6 Å². The summed E-state index contributed by atoms with van der Waals surface area (Å²) in [6.45, 7) is 3.54. The quantitative estimate of drug-likeness (QED) is 0.819. The molecule has 0 saturated carbocycles. The molecule has 1 fully saturated rings. The largest absolute Gasteiger partial charge is 0.349 e. The van der Waals surface area contributed by atoms with Crippen LogP contribution in [0.5, 0.6) is 0 Å². The zero-order chi connectivity index (χ0) is 12.3. The van der Waals surface area contributed by atoms with Gasteiger partial charge in [-0.05, 0) is 56.6 Å². The lowest BCUT2D eigenvalue weighted by molar-refractivity contribution is 0.0929.